The molecule has 1 saturated carbocycles. The Morgan fingerprint density at radius 3 is 2.71 bits per heavy atom. The molecule has 3 unspecified atom stereocenters. The molecule has 2 rings (SSSR count). The van der Waals surface area contributed by atoms with Gasteiger partial charge in [0.25, 0.3) is 0 Å². The van der Waals surface area contributed by atoms with Gasteiger partial charge in [0.2, 0.25) is 5.91 Å². The maximum Gasteiger partial charge on any atom is 0.223 e. The molecule has 0 aromatic rings. The summed E-state index contributed by atoms with van der Waals surface area (Å²) in [5.74, 6) is 0.556. The molecule has 98 valence electrons. The van der Waals surface area contributed by atoms with Gasteiger partial charge in [-0.1, -0.05) is 12.8 Å². The lowest BCUT2D eigenvalue weighted by Gasteiger charge is -2.31. The van der Waals surface area contributed by atoms with Crippen molar-refractivity contribution in [2.24, 2.45) is 11.7 Å². The van der Waals surface area contributed by atoms with Gasteiger partial charge >= 0.3 is 0 Å². The second-order valence-electron chi connectivity index (χ2n) is 5.48. The lowest BCUT2D eigenvalue weighted by Crippen LogP contribution is -2.41. The van der Waals surface area contributed by atoms with Crippen molar-refractivity contribution in [2.75, 3.05) is 13.2 Å². The Labute approximate surface area is 103 Å². The van der Waals surface area contributed by atoms with Gasteiger partial charge in [-0.25, -0.2) is 0 Å². The maximum atomic E-state index is 12.2. The molecule has 1 aliphatic heterocycles. The fourth-order valence-corrected chi connectivity index (χ4v) is 3.19. The minimum atomic E-state index is 0.0577. The molecule has 1 heterocycles. The fraction of sp³-hybridized carbons (Fsp3) is 0.923. The molecule has 3 N–H and O–H groups in total. The quantitative estimate of drug-likeness (QED) is 0.769. The third kappa shape index (κ3) is 2.99. The van der Waals surface area contributed by atoms with Crippen LogP contribution in [0.25, 0.3) is 0 Å². The number of nitrogens with zero attached hydrogens (tertiary/aromatic N) is 1. The highest BCUT2D eigenvalue weighted by molar-refractivity contribution is 5.77. The number of hydrogen-bond acceptors (Lipinski definition) is 3. The molecule has 0 spiro atoms. The highest BCUT2D eigenvalue weighted by Crippen LogP contribution is 2.27. The van der Waals surface area contributed by atoms with Gasteiger partial charge in [0, 0.05) is 19.0 Å². The number of nitrogens with two attached hydrogens (primary N) is 1. The molecular weight excluding hydrogens is 216 g/mol. The van der Waals surface area contributed by atoms with Gasteiger partial charge in [-0.2, -0.15) is 0 Å². The summed E-state index contributed by atoms with van der Waals surface area (Å²) in [7, 11) is 0. The molecule has 0 radical (unpaired) electrons. The van der Waals surface area contributed by atoms with E-state index in [1.807, 2.05) is 4.90 Å². The first-order valence-electron chi connectivity index (χ1n) is 6.88. The molecule has 17 heavy (non-hydrogen) atoms. The first-order chi connectivity index (χ1) is 8.22. The number of aliphatic hydroxyl groups excluding tert-OH is 1. The molecular formula is C13H24N2O2. The van der Waals surface area contributed by atoms with E-state index in [-0.39, 0.29) is 24.6 Å². The summed E-state index contributed by atoms with van der Waals surface area (Å²) in [5, 5.41) is 9.22. The first kappa shape index (κ1) is 12.8. The van der Waals surface area contributed by atoms with Gasteiger partial charge in [0.1, 0.15) is 0 Å². The molecule has 4 nitrogen and oxygen atoms in total. The topological polar surface area (TPSA) is 66.6 Å². The highest BCUT2D eigenvalue weighted by Gasteiger charge is 2.31. The van der Waals surface area contributed by atoms with E-state index >= 15 is 0 Å². The van der Waals surface area contributed by atoms with E-state index in [4.69, 9.17) is 5.73 Å². The Balaban J connectivity index is 1.87. The molecule has 3 atom stereocenters. The second-order valence-corrected chi connectivity index (χ2v) is 5.48. The highest BCUT2D eigenvalue weighted by atomic mass is 16.3. The number of hydrogen-bond donors (Lipinski definition) is 2. The number of carbonyl (C=O) groups excluding carboxylic acids is 1. The van der Waals surface area contributed by atoms with Crippen LogP contribution in [0.3, 0.4) is 0 Å². The zero-order valence-corrected chi connectivity index (χ0v) is 10.5. The molecule has 4 heteroatoms. The van der Waals surface area contributed by atoms with Crippen LogP contribution < -0.4 is 5.73 Å². The molecule has 1 saturated heterocycles. The van der Waals surface area contributed by atoms with Crippen molar-refractivity contribution < 1.29 is 9.90 Å². The fourth-order valence-electron chi connectivity index (χ4n) is 3.19. The van der Waals surface area contributed by atoms with Gasteiger partial charge in [-0.15, -0.1) is 0 Å². The Morgan fingerprint density at radius 2 is 2.00 bits per heavy atom. The Kier molecular flexibility index (Phi) is 4.40. The van der Waals surface area contributed by atoms with Gasteiger partial charge in [0.05, 0.1) is 12.6 Å². The number of rotatable bonds is 3. The minimum absolute atomic E-state index is 0.0577. The molecule has 0 aromatic heterocycles. The van der Waals surface area contributed by atoms with Gasteiger partial charge < -0.3 is 15.7 Å². The summed E-state index contributed by atoms with van der Waals surface area (Å²) in [6.45, 7) is 0.911. The smallest absolute Gasteiger partial charge is 0.223 e. The van der Waals surface area contributed by atoms with E-state index < -0.39 is 0 Å². The average Bonchev–Trinajstić information content (AvgIpc) is 2.80. The third-order valence-corrected chi connectivity index (χ3v) is 4.31. The van der Waals surface area contributed by atoms with E-state index in [2.05, 4.69) is 0 Å². The van der Waals surface area contributed by atoms with Crippen LogP contribution in [0, 0.1) is 5.92 Å². The van der Waals surface area contributed by atoms with Crippen molar-refractivity contribution in [3.63, 3.8) is 0 Å². The lowest BCUT2D eigenvalue weighted by atomic mass is 9.82. The van der Waals surface area contributed by atoms with Crippen LogP contribution in [0.15, 0.2) is 0 Å². The molecule has 0 bridgehead atoms. The summed E-state index contributed by atoms with van der Waals surface area (Å²) >= 11 is 0. The normalized spacial score (nSPS) is 34.0. The average molecular weight is 240 g/mol. The Morgan fingerprint density at radius 1 is 1.24 bits per heavy atom. The van der Waals surface area contributed by atoms with Gasteiger partial charge in [0.15, 0.2) is 0 Å². The summed E-state index contributed by atoms with van der Waals surface area (Å²) in [6, 6.07) is 0.255. The molecule has 2 aliphatic rings. The van der Waals surface area contributed by atoms with Crippen LogP contribution in [0.2, 0.25) is 0 Å². The van der Waals surface area contributed by atoms with Crippen LogP contribution in [0.5, 0.6) is 0 Å². The maximum absolute atomic E-state index is 12.2. The molecule has 1 aliphatic carbocycles. The Bertz CT molecular complexity index is 270. The van der Waals surface area contributed by atoms with Crippen LogP contribution >= 0.6 is 0 Å². The SMILES string of the molecule is NC1CCCCC1CC(=O)N1CCCC1CO. The number of amides is 1. The van der Waals surface area contributed by atoms with Crippen LogP contribution in [0.1, 0.15) is 44.9 Å². The van der Waals surface area contributed by atoms with Crippen LogP contribution in [0.4, 0.5) is 0 Å². The van der Waals surface area contributed by atoms with Crippen molar-refractivity contribution in [3.8, 4) is 0 Å². The van der Waals surface area contributed by atoms with E-state index in [0.29, 0.717) is 12.3 Å². The van der Waals surface area contributed by atoms with Crippen molar-refractivity contribution in [3.05, 3.63) is 0 Å². The zero-order valence-electron chi connectivity index (χ0n) is 10.5. The van der Waals surface area contributed by atoms with E-state index in [0.717, 1.165) is 32.2 Å². The summed E-state index contributed by atoms with van der Waals surface area (Å²) < 4.78 is 0. The Hall–Kier alpha value is -0.610. The third-order valence-electron chi connectivity index (χ3n) is 4.31. The van der Waals surface area contributed by atoms with E-state index in [1.165, 1.54) is 12.8 Å². The molecule has 1 amide bonds. The first-order valence-corrected chi connectivity index (χ1v) is 6.88. The number of carbonyl (C=O) groups is 1. The second kappa shape index (κ2) is 5.83. The predicted molar refractivity (Wildman–Crippen MR) is 66.4 cm³/mol. The number of likely N-dealkylation sites (tertiary alicyclic amines) is 1. The van der Waals surface area contributed by atoms with Gasteiger partial charge in [-0.3, -0.25) is 4.79 Å². The van der Waals surface area contributed by atoms with Crippen LogP contribution in [-0.2, 0) is 4.79 Å². The summed E-state index contributed by atoms with van der Waals surface area (Å²) in [6.07, 6.45) is 7.10. The van der Waals surface area contributed by atoms with Gasteiger partial charge in [-0.05, 0) is 31.6 Å². The van der Waals surface area contributed by atoms with Crippen molar-refractivity contribution in [1.29, 1.82) is 0 Å². The summed E-state index contributed by atoms with van der Waals surface area (Å²) in [4.78, 5) is 14.1. The number of aliphatic hydroxyl groups is 1. The zero-order chi connectivity index (χ0) is 12.3. The van der Waals surface area contributed by atoms with Crippen molar-refractivity contribution in [1.82, 2.24) is 4.90 Å². The predicted octanol–water partition coefficient (Wildman–Crippen LogP) is 0.877. The van der Waals surface area contributed by atoms with Crippen LogP contribution in [-0.4, -0.2) is 41.1 Å². The summed E-state index contributed by atoms with van der Waals surface area (Å²) in [5.41, 5.74) is 6.07. The van der Waals surface area contributed by atoms with E-state index in [9.17, 15) is 9.90 Å². The van der Waals surface area contributed by atoms with Crippen molar-refractivity contribution >= 4 is 5.91 Å². The molecule has 0 aromatic carbocycles. The van der Waals surface area contributed by atoms with Crippen molar-refractivity contribution in [2.45, 2.75) is 57.0 Å². The standard InChI is InChI=1S/C13H24N2O2/c14-12-6-2-1-4-10(12)8-13(17)15-7-3-5-11(15)9-16/h10-12,16H,1-9,14H2. The van der Waals surface area contributed by atoms with E-state index in [1.54, 1.807) is 0 Å². The lowest BCUT2D eigenvalue weighted by molar-refractivity contribution is -0.134. The monoisotopic (exact) mass is 240 g/mol. The molecule has 2 fully saturated rings. The minimum Gasteiger partial charge on any atom is -0.394 e. The largest absolute Gasteiger partial charge is 0.394 e.